The number of rotatable bonds is 2. The van der Waals surface area contributed by atoms with Crippen LogP contribution in [0.1, 0.15) is 5.56 Å². The maximum atomic E-state index is 13.0. The summed E-state index contributed by atoms with van der Waals surface area (Å²) >= 11 is 9.33. The van der Waals surface area contributed by atoms with Gasteiger partial charge in [-0.15, -0.1) is 0 Å². The van der Waals surface area contributed by atoms with Crippen LogP contribution in [0.4, 0.5) is 24.9 Å². The molecule has 0 saturated carbocycles. The van der Waals surface area contributed by atoms with Crippen LogP contribution < -0.4 is 9.80 Å². The van der Waals surface area contributed by atoms with Gasteiger partial charge in [0.2, 0.25) is 5.95 Å². The minimum atomic E-state index is -4.41. The molecule has 3 heterocycles. The van der Waals surface area contributed by atoms with Crippen molar-refractivity contribution in [3.05, 3.63) is 39.7 Å². The number of nitrogens with zero attached hydrogens (tertiary/aromatic N) is 5. The van der Waals surface area contributed by atoms with Gasteiger partial charge >= 0.3 is 6.18 Å². The monoisotopic (exact) mass is 460 g/mol. The molecule has 27 heavy (non-hydrogen) atoms. The number of piperazine rings is 1. The number of hydrogen-bond donors (Lipinski definition) is 1. The Balaban J connectivity index is 1.56. The molecule has 0 atom stereocenters. The second kappa shape index (κ2) is 6.83. The van der Waals surface area contributed by atoms with Crippen molar-refractivity contribution in [3.8, 4) is 0 Å². The number of halogens is 5. The van der Waals surface area contributed by atoms with Crippen LogP contribution in [-0.4, -0.2) is 46.1 Å². The van der Waals surface area contributed by atoms with E-state index >= 15 is 0 Å². The zero-order valence-corrected chi connectivity index (χ0v) is 16.1. The zero-order valence-electron chi connectivity index (χ0n) is 13.8. The van der Waals surface area contributed by atoms with Crippen LogP contribution in [0.2, 0.25) is 5.02 Å². The normalized spacial score (nSPS) is 15.6. The molecule has 3 aromatic rings. The van der Waals surface area contributed by atoms with E-state index in [9.17, 15) is 13.2 Å². The molecule has 0 aliphatic carbocycles. The number of H-pyrrole nitrogens is 1. The van der Waals surface area contributed by atoms with Gasteiger partial charge in [-0.3, -0.25) is 0 Å². The number of nitrogens with one attached hydrogen (secondary N) is 1. The van der Waals surface area contributed by atoms with E-state index in [0.29, 0.717) is 58.5 Å². The van der Waals surface area contributed by atoms with E-state index in [0.717, 1.165) is 12.1 Å². The molecule has 1 N–H and O–H groups in total. The lowest BCUT2D eigenvalue weighted by Gasteiger charge is -2.35. The number of fused-ring (bicyclic) bond motifs is 1. The maximum absolute atomic E-state index is 13.0. The number of anilines is 2. The molecular weight excluding hydrogens is 449 g/mol. The fourth-order valence-electron chi connectivity index (χ4n) is 3.04. The minimum absolute atomic E-state index is 0.307. The van der Waals surface area contributed by atoms with Gasteiger partial charge < -0.3 is 14.8 Å². The molecule has 1 aliphatic heterocycles. The number of hydrogen-bond acceptors (Lipinski definition) is 5. The molecule has 4 rings (SSSR count). The molecule has 6 nitrogen and oxygen atoms in total. The minimum Gasteiger partial charge on any atom is -0.352 e. The van der Waals surface area contributed by atoms with Crippen molar-refractivity contribution in [2.24, 2.45) is 0 Å². The first kappa shape index (κ1) is 18.3. The van der Waals surface area contributed by atoms with Gasteiger partial charge in [0.15, 0.2) is 5.82 Å². The summed E-state index contributed by atoms with van der Waals surface area (Å²) in [6.45, 7) is 2.57. The number of alkyl halides is 3. The largest absolute Gasteiger partial charge is 0.416 e. The average Bonchev–Trinajstić information content (AvgIpc) is 3.06. The van der Waals surface area contributed by atoms with E-state index in [2.05, 4.69) is 35.9 Å². The van der Waals surface area contributed by atoms with Gasteiger partial charge in [-0.05, 0) is 28.1 Å². The molecule has 11 heteroatoms. The van der Waals surface area contributed by atoms with Crippen molar-refractivity contribution in [1.82, 2.24) is 19.9 Å². The third-order valence-corrected chi connectivity index (χ3v) is 5.25. The lowest BCUT2D eigenvalue weighted by Crippen LogP contribution is -2.47. The van der Waals surface area contributed by atoms with Crippen LogP contribution in [0.15, 0.2) is 29.1 Å². The topological polar surface area (TPSA) is 60.9 Å². The lowest BCUT2D eigenvalue weighted by atomic mass is 10.2. The molecule has 0 radical (unpaired) electrons. The molecule has 1 aromatic carbocycles. The predicted octanol–water partition coefficient (Wildman–Crippen LogP) is 4.11. The highest BCUT2D eigenvalue weighted by Crippen LogP contribution is 2.35. The van der Waals surface area contributed by atoms with Gasteiger partial charge in [0.1, 0.15) is 16.9 Å². The highest BCUT2D eigenvalue weighted by Gasteiger charge is 2.32. The third kappa shape index (κ3) is 3.55. The highest BCUT2D eigenvalue weighted by molar-refractivity contribution is 9.10. The van der Waals surface area contributed by atoms with Gasteiger partial charge in [0.25, 0.3) is 0 Å². The predicted molar refractivity (Wildman–Crippen MR) is 100 cm³/mol. The van der Waals surface area contributed by atoms with E-state index in [-0.39, 0.29) is 0 Å². The second-order valence-electron chi connectivity index (χ2n) is 6.08. The van der Waals surface area contributed by atoms with Crippen molar-refractivity contribution in [2.45, 2.75) is 6.18 Å². The Morgan fingerprint density at radius 1 is 1.11 bits per heavy atom. The molecule has 0 spiro atoms. The molecule has 1 aliphatic rings. The van der Waals surface area contributed by atoms with Crippen LogP contribution in [0.25, 0.3) is 11.0 Å². The summed E-state index contributed by atoms with van der Waals surface area (Å²) in [5.74, 6) is 1.21. The Labute approximate surface area is 165 Å². The highest BCUT2D eigenvalue weighted by atomic mass is 79.9. The summed E-state index contributed by atoms with van der Waals surface area (Å²) in [5.41, 5.74) is 0.0903. The molecule has 1 saturated heterocycles. The first-order valence-electron chi connectivity index (χ1n) is 8.05. The Hall–Kier alpha value is -2.07. The standard InChI is InChI=1S/C16H13BrClF3N6/c17-10-5-9(16(19,20)21)6-12-13(10)25-15(24-12)27-3-1-26(2-4-27)14-11(18)7-22-8-23-14/h5-8H,1-4H2,(H,24,25). The smallest absolute Gasteiger partial charge is 0.352 e. The van der Waals surface area contributed by atoms with Crippen LogP contribution in [-0.2, 0) is 6.18 Å². The average molecular weight is 462 g/mol. The quantitative estimate of drug-likeness (QED) is 0.622. The van der Waals surface area contributed by atoms with Gasteiger partial charge in [-0.25, -0.2) is 15.0 Å². The van der Waals surface area contributed by atoms with Gasteiger partial charge in [0.05, 0.1) is 17.3 Å². The Bertz CT molecular complexity index is 984. The van der Waals surface area contributed by atoms with Crippen molar-refractivity contribution < 1.29 is 13.2 Å². The third-order valence-electron chi connectivity index (χ3n) is 4.38. The van der Waals surface area contributed by atoms with E-state index in [1.54, 1.807) is 6.20 Å². The van der Waals surface area contributed by atoms with E-state index in [1.807, 2.05) is 9.80 Å². The number of aromatic nitrogens is 4. The van der Waals surface area contributed by atoms with Crippen molar-refractivity contribution in [1.29, 1.82) is 0 Å². The van der Waals surface area contributed by atoms with E-state index in [4.69, 9.17) is 11.6 Å². The lowest BCUT2D eigenvalue weighted by molar-refractivity contribution is -0.137. The number of imidazole rings is 1. The number of benzene rings is 1. The van der Waals surface area contributed by atoms with Crippen molar-refractivity contribution in [3.63, 3.8) is 0 Å². The van der Waals surface area contributed by atoms with Crippen LogP contribution in [0.3, 0.4) is 0 Å². The summed E-state index contributed by atoms with van der Waals surface area (Å²) in [7, 11) is 0. The van der Waals surface area contributed by atoms with Gasteiger partial charge in [-0.1, -0.05) is 11.6 Å². The first-order valence-corrected chi connectivity index (χ1v) is 9.22. The molecule has 1 fully saturated rings. The molecular formula is C16H13BrClF3N6. The fraction of sp³-hybridized carbons (Fsp3) is 0.312. The second-order valence-corrected chi connectivity index (χ2v) is 7.34. The SMILES string of the molecule is FC(F)(F)c1cc(Br)c2nc(N3CCN(c4ncncc4Cl)CC3)[nH]c2c1. The fourth-order valence-corrected chi connectivity index (χ4v) is 3.82. The van der Waals surface area contributed by atoms with Crippen molar-refractivity contribution >= 4 is 50.3 Å². The summed E-state index contributed by atoms with van der Waals surface area (Å²) in [5, 5.41) is 0.485. The van der Waals surface area contributed by atoms with Crippen LogP contribution in [0.5, 0.6) is 0 Å². The maximum Gasteiger partial charge on any atom is 0.416 e. The Morgan fingerprint density at radius 2 is 1.81 bits per heavy atom. The molecule has 142 valence electrons. The Morgan fingerprint density at radius 3 is 2.48 bits per heavy atom. The van der Waals surface area contributed by atoms with E-state index in [1.165, 1.54) is 6.33 Å². The summed E-state index contributed by atoms with van der Waals surface area (Å²) in [6.07, 6.45) is -1.42. The summed E-state index contributed by atoms with van der Waals surface area (Å²) in [4.78, 5) is 19.6. The van der Waals surface area contributed by atoms with Crippen LogP contribution in [0, 0.1) is 0 Å². The van der Waals surface area contributed by atoms with Gasteiger partial charge in [-0.2, -0.15) is 13.2 Å². The molecule has 0 amide bonds. The summed E-state index contributed by atoms with van der Waals surface area (Å²) in [6, 6.07) is 2.12. The molecule has 0 unspecified atom stereocenters. The van der Waals surface area contributed by atoms with Gasteiger partial charge in [0, 0.05) is 30.7 Å². The summed E-state index contributed by atoms with van der Waals surface area (Å²) < 4.78 is 39.3. The van der Waals surface area contributed by atoms with Crippen LogP contribution >= 0.6 is 27.5 Å². The molecule has 2 aromatic heterocycles. The number of aromatic amines is 1. The van der Waals surface area contributed by atoms with E-state index < -0.39 is 11.7 Å². The Kier molecular flexibility index (Phi) is 4.63. The van der Waals surface area contributed by atoms with Crippen molar-refractivity contribution in [2.75, 3.05) is 36.0 Å². The zero-order chi connectivity index (χ0) is 19.2. The molecule has 0 bridgehead atoms. The first-order chi connectivity index (χ1) is 12.8.